The Labute approximate surface area is 138 Å². The molecule has 6 nitrogen and oxygen atoms in total. The third-order valence-electron chi connectivity index (χ3n) is 3.86. The number of nitrogens with zero attached hydrogens (tertiary/aromatic N) is 2. The summed E-state index contributed by atoms with van der Waals surface area (Å²) in [5.74, 6) is -0.0361. The number of hydrogen-bond donors (Lipinski definition) is 2. The number of fused-ring (bicyclic) bond motifs is 1. The fraction of sp³-hybridized carbons (Fsp3) is 0.588. The van der Waals surface area contributed by atoms with Gasteiger partial charge < -0.3 is 25.0 Å². The molecule has 1 heterocycles. The number of carbonyl (C=O) groups is 1. The van der Waals surface area contributed by atoms with Crippen LogP contribution in [0.5, 0.6) is 5.75 Å². The number of anilines is 1. The lowest BCUT2D eigenvalue weighted by atomic mass is 10.1. The number of hydrogen-bond acceptors (Lipinski definition) is 5. The number of aliphatic carboxylic acids is 1. The third kappa shape index (κ3) is 5.73. The summed E-state index contributed by atoms with van der Waals surface area (Å²) in [6, 6.07) is 6.06. The average molecular weight is 321 g/mol. The Morgan fingerprint density at radius 2 is 2.22 bits per heavy atom. The van der Waals surface area contributed by atoms with Crippen molar-refractivity contribution < 1.29 is 14.6 Å². The molecule has 128 valence electrons. The van der Waals surface area contributed by atoms with Gasteiger partial charge in [-0.25, -0.2) is 0 Å². The minimum absolute atomic E-state index is 0.0165. The predicted molar refractivity (Wildman–Crippen MR) is 91.5 cm³/mol. The molecule has 0 unspecified atom stereocenters. The number of nitrogens with one attached hydrogen (secondary N) is 1. The van der Waals surface area contributed by atoms with Crippen LogP contribution in [0.3, 0.4) is 0 Å². The predicted octanol–water partition coefficient (Wildman–Crippen LogP) is 1.05. The second-order valence-electron chi connectivity index (χ2n) is 6.12. The van der Waals surface area contributed by atoms with E-state index in [1.165, 1.54) is 5.56 Å². The SMILES string of the molecule is CN(C)CCCNCCc1ccc2c(c1)N(CC(=O)O)CCO2. The maximum atomic E-state index is 11.0. The molecule has 2 rings (SSSR count). The van der Waals surface area contributed by atoms with E-state index in [2.05, 4.69) is 36.4 Å². The van der Waals surface area contributed by atoms with Crippen molar-refractivity contribution in [1.82, 2.24) is 10.2 Å². The zero-order valence-corrected chi connectivity index (χ0v) is 14.0. The van der Waals surface area contributed by atoms with Crippen LogP contribution in [0, 0.1) is 0 Å². The molecule has 1 aliphatic rings. The molecule has 0 saturated carbocycles. The maximum absolute atomic E-state index is 11.0. The molecule has 0 amide bonds. The van der Waals surface area contributed by atoms with E-state index in [0.717, 1.165) is 43.9 Å². The lowest BCUT2D eigenvalue weighted by Crippen LogP contribution is -2.36. The highest BCUT2D eigenvalue weighted by Gasteiger charge is 2.20. The molecule has 1 aliphatic heterocycles. The summed E-state index contributed by atoms with van der Waals surface area (Å²) < 4.78 is 5.62. The van der Waals surface area contributed by atoms with Crippen molar-refractivity contribution in [3.63, 3.8) is 0 Å². The summed E-state index contributed by atoms with van der Waals surface area (Å²) in [5.41, 5.74) is 2.09. The highest BCUT2D eigenvalue weighted by Crippen LogP contribution is 2.32. The zero-order valence-electron chi connectivity index (χ0n) is 14.0. The van der Waals surface area contributed by atoms with Crippen molar-refractivity contribution in [3.05, 3.63) is 23.8 Å². The van der Waals surface area contributed by atoms with E-state index in [1.54, 1.807) is 0 Å². The smallest absolute Gasteiger partial charge is 0.323 e. The highest BCUT2D eigenvalue weighted by molar-refractivity contribution is 5.75. The molecule has 0 saturated heterocycles. The molecule has 0 atom stereocenters. The van der Waals surface area contributed by atoms with Gasteiger partial charge in [0, 0.05) is 0 Å². The summed E-state index contributed by atoms with van der Waals surface area (Å²) in [6.07, 6.45) is 2.06. The zero-order chi connectivity index (χ0) is 16.7. The Morgan fingerprint density at radius 1 is 1.39 bits per heavy atom. The van der Waals surface area contributed by atoms with Crippen LogP contribution < -0.4 is 15.0 Å². The first kappa shape index (κ1) is 17.6. The maximum Gasteiger partial charge on any atom is 0.323 e. The Morgan fingerprint density at radius 3 is 2.96 bits per heavy atom. The molecular formula is C17H27N3O3. The number of carboxylic acids is 1. The van der Waals surface area contributed by atoms with Gasteiger partial charge in [0.2, 0.25) is 0 Å². The van der Waals surface area contributed by atoms with E-state index in [4.69, 9.17) is 9.84 Å². The van der Waals surface area contributed by atoms with Crippen molar-refractivity contribution >= 4 is 11.7 Å². The van der Waals surface area contributed by atoms with Crippen molar-refractivity contribution in [3.8, 4) is 5.75 Å². The van der Waals surface area contributed by atoms with E-state index < -0.39 is 5.97 Å². The van der Waals surface area contributed by atoms with E-state index in [0.29, 0.717) is 13.2 Å². The molecule has 0 bridgehead atoms. The first-order valence-corrected chi connectivity index (χ1v) is 8.14. The van der Waals surface area contributed by atoms with Gasteiger partial charge in [0.15, 0.2) is 0 Å². The standard InChI is InChI=1S/C17H27N3O3/c1-19(2)9-3-7-18-8-6-14-4-5-16-15(12-14)20(10-11-23-16)13-17(21)22/h4-5,12,18H,3,6-11,13H2,1-2H3,(H,21,22). The summed E-state index contributed by atoms with van der Waals surface area (Å²) in [5, 5.41) is 12.5. The van der Waals surface area contributed by atoms with Gasteiger partial charge in [0.25, 0.3) is 0 Å². The average Bonchev–Trinajstić information content (AvgIpc) is 2.50. The van der Waals surface area contributed by atoms with Gasteiger partial charge in [0.05, 0.1) is 12.2 Å². The third-order valence-corrected chi connectivity index (χ3v) is 3.86. The van der Waals surface area contributed by atoms with Crippen LogP contribution in [0.1, 0.15) is 12.0 Å². The van der Waals surface area contributed by atoms with Crippen LogP contribution in [0.15, 0.2) is 18.2 Å². The van der Waals surface area contributed by atoms with E-state index >= 15 is 0 Å². The molecule has 2 N–H and O–H groups in total. The van der Waals surface area contributed by atoms with Crippen molar-refractivity contribution in [2.45, 2.75) is 12.8 Å². The van der Waals surface area contributed by atoms with E-state index in [9.17, 15) is 4.79 Å². The molecule has 0 aromatic heterocycles. The Kier molecular flexibility index (Phi) is 6.67. The minimum Gasteiger partial charge on any atom is -0.490 e. The number of benzene rings is 1. The topological polar surface area (TPSA) is 65.0 Å². The highest BCUT2D eigenvalue weighted by atomic mass is 16.5. The van der Waals surface area contributed by atoms with Crippen LogP contribution in [0.2, 0.25) is 0 Å². The minimum atomic E-state index is -0.814. The van der Waals surface area contributed by atoms with Crippen molar-refractivity contribution in [2.24, 2.45) is 0 Å². The first-order valence-electron chi connectivity index (χ1n) is 8.14. The van der Waals surface area contributed by atoms with Gasteiger partial charge in [-0.1, -0.05) is 6.07 Å². The normalized spacial score (nSPS) is 13.8. The first-order chi connectivity index (χ1) is 11.1. The van der Waals surface area contributed by atoms with Crippen LogP contribution in [-0.2, 0) is 11.2 Å². The molecule has 0 fully saturated rings. The summed E-state index contributed by atoms with van der Waals surface area (Å²) in [4.78, 5) is 15.0. The van der Waals surface area contributed by atoms with Crippen LogP contribution in [0.4, 0.5) is 5.69 Å². The molecular weight excluding hydrogens is 294 g/mol. The number of ether oxygens (including phenoxy) is 1. The molecule has 0 spiro atoms. The van der Waals surface area contributed by atoms with Gasteiger partial charge in [-0.05, 0) is 64.3 Å². The quantitative estimate of drug-likeness (QED) is 0.663. The molecule has 6 heteroatoms. The Hall–Kier alpha value is -1.79. The van der Waals surface area contributed by atoms with Crippen LogP contribution >= 0.6 is 0 Å². The monoisotopic (exact) mass is 321 g/mol. The van der Waals surface area contributed by atoms with Gasteiger partial charge in [-0.3, -0.25) is 4.79 Å². The Balaban J connectivity index is 1.85. The lowest BCUT2D eigenvalue weighted by Gasteiger charge is -2.30. The number of carboxylic acid groups (broad SMARTS) is 1. The molecule has 23 heavy (non-hydrogen) atoms. The Bertz CT molecular complexity index is 520. The lowest BCUT2D eigenvalue weighted by molar-refractivity contribution is -0.135. The number of rotatable bonds is 9. The largest absolute Gasteiger partial charge is 0.490 e. The summed E-state index contributed by atoms with van der Waals surface area (Å²) >= 11 is 0. The molecule has 0 radical (unpaired) electrons. The second-order valence-corrected chi connectivity index (χ2v) is 6.12. The van der Waals surface area contributed by atoms with Gasteiger partial charge in [-0.15, -0.1) is 0 Å². The van der Waals surface area contributed by atoms with Crippen molar-refractivity contribution in [1.29, 1.82) is 0 Å². The van der Waals surface area contributed by atoms with Gasteiger partial charge in [0.1, 0.15) is 18.9 Å². The fourth-order valence-electron chi connectivity index (χ4n) is 2.68. The van der Waals surface area contributed by atoms with Crippen LogP contribution in [-0.4, -0.2) is 69.4 Å². The summed E-state index contributed by atoms with van der Waals surface area (Å²) in [6.45, 7) is 4.19. The molecule has 1 aromatic rings. The van der Waals surface area contributed by atoms with Crippen LogP contribution in [0.25, 0.3) is 0 Å². The van der Waals surface area contributed by atoms with Crippen molar-refractivity contribution in [2.75, 3.05) is 58.3 Å². The van der Waals surface area contributed by atoms with Gasteiger partial charge in [-0.2, -0.15) is 0 Å². The van der Waals surface area contributed by atoms with E-state index in [-0.39, 0.29) is 6.54 Å². The molecule has 0 aliphatic carbocycles. The fourth-order valence-corrected chi connectivity index (χ4v) is 2.68. The second kappa shape index (κ2) is 8.74. The van der Waals surface area contributed by atoms with Gasteiger partial charge >= 0.3 is 5.97 Å². The molecule has 1 aromatic carbocycles. The summed E-state index contributed by atoms with van der Waals surface area (Å²) in [7, 11) is 4.16. The van der Waals surface area contributed by atoms with E-state index in [1.807, 2.05) is 11.0 Å².